The van der Waals surface area contributed by atoms with Crippen LogP contribution in [-0.4, -0.2) is 31.8 Å². The van der Waals surface area contributed by atoms with Gasteiger partial charge in [0.1, 0.15) is 0 Å². The van der Waals surface area contributed by atoms with E-state index in [1.165, 1.54) is 0 Å². The Balaban J connectivity index is 1.34. The van der Waals surface area contributed by atoms with Gasteiger partial charge in [-0.3, -0.25) is 4.79 Å². The molecule has 1 amide bonds. The zero-order valence-electron chi connectivity index (χ0n) is 13.0. The third-order valence-electron chi connectivity index (χ3n) is 4.13. The van der Waals surface area contributed by atoms with E-state index in [0.717, 1.165) is 5.56 Å². The summed E-state index contributed by atoms with van der Waals surface area (Å²) in [7, 11) is 0. The number of hydrogen-bond acceptors (Lipinski definition) is 8. The molecule has 1 aliphatic rings. The van der Waals surface area contributed by atoms with Crippen LogP contribution in [0.4, 0.5) is 0 Å². The first-order valence-electron chi connectivity index (χ1n) is 7.71. The number of benzene rings is 1. The Morgan fingerprint density at radius 1 is 1.20 bits per heavy atom. The topological polar surface area (TPSA) is 114 Å². The Hall–Kier alpha value is -2.65. The Bertz CT molecular complexity index is 873. The van der Waals surface area contributed by atoms with Crippen LogP contribution in [0.1, 0.15) is 35.1 Å². The summed E-state index contributed by atoms with van der Waals surface area (Å²) >= 11 is 0.446. The second kappa shape index (κ2) is 6.69. The van der Waals surface area contributed by atoms with Gasteiger partial charge in [-0.05, 0) is 18.0 Å². The smallest absolute Gasteiger partial charge is 0.273 e. The van der Waals surface area contributed by atoms with E-state index in [1.807, 2.05) is 30.3 Å². The fourth-order valence-electron chi connectivity index (χ4n) is 2.74. The van der Waals surface area contributed by atoms with Crippen LogP contribution in [0.2, 0.25) is 0 Å². The maximum atomic E-state index is 12.3. The maximum absolute atomic E-state index is 12.3. The molecule has 2 N–H and O–H groups in total. The van der Waals surface area contributed by atoms with Gasteiger partial charge in [0.05, 0.1) is 12.0 Å². The average molecular weight is 358 g/mol. The number of aromatic nitrogens is 3. The van der Waals surface area contributed by atoms with E-state index in [0.29, 0.717) is 36.5 Å². The number of nitrogens with zero attached hydrogens (tertiary/aromatic N) is 3. The Kier molecular flexibility index (Phi) is 4.24. The fraction of sp³-hybridized carbons (Fsp3) is 0.250. The van der Waals surface area contributed by atoms with Gasteiger partial charge in [0.2, 0.25) is 5.89 Å². The van der Waals surface area contributed by atoms with E-state index >= 15 is 0 Å². The molecule has 0 saturated heterocycles. The zero-order valence-corrected chi connectivity index (χ0v) is 13.8. The van der Waals surface area contributed by atoms with Gasteiger partial charge in [-0.1, -0.05) is 35.5 Å². The van der Waals surface area contributed by atoms with Gasteiger partial charge in [-0.2, -0.15) is 4.98 Å². The van der Waals surface area contributed by atoms with Crippen molar-refractivity contribution in [3.05, 3.63) is 48.0 Å². The molecular formula is C16H14N4O4S. The highest BCUT2D eigenvalue weighted by molar-refractivity contribution is 7.93. The largest absolute Gasteiger partial charge is 0.355 e. The van der Waals surface area contributed by atoms with Gasteiger partial charge < -0.3 is 18.9 Å². The second-order valence-electron chi connectivity index (χ2n) is 5.79. The van der Waals surface area contributed by atoms with Crippen molar-refractivity contribution in [2.45, 2.75) is 30.0 Å². The van der Waals surface area contributed by atoms with Gasteiger partial charge in [-0.15, -0.1) is 0 Å². The van der Waals surface area contributed by atoms with Crippen LogP contribution < -0.4 is 5.32 Å². The van der Waals surface area contributed by atoms with E-state index in [1.54, 1.807) is 6.07 Å². The number of nitrogens with one attached hydrogen (secondary N) is 1. The van der Waals surface area contributed by atoms with Crippen molar-refractivity contribution in [2.24, 2.45) is 0 Å². The average Bonchev–Trinajstić information content (AvgIpc) is 3.27. The van der Waals surface area contributed by atoms with Crippen molar-refractivity contribution in [1.29, 1.82) is 0 Å². The maximum Gasteiger partial charge on any atom is 0.273 e. The minimum atomic E-state index is -0.272. The van der Waals surface area contributed by atoms with Crippen molar-refractivity contribution in [1.82, 2.24) is 20.6 Å². The molecule has 4 rings (SSSR count). The van der Waals surface area contributed by atoms with Gasteiger partial charge in [0.15, 0.2) is 11.5 Å². The molecule has 0 radical (unpaired) electrons. The van der Waals surface area contributed by atoms with Gasteiger partial charge in [-0.25, -0.2) is 0 Å². The van der Waals surface area contributed by atoms with Gasteiger partial charge in [0, 0.05) is 23.6 Å². The molecule has 1 fully saturated rings. The molecule has 1 saturated carbocycles. The minimum absolute atomic E-state index is 0.0199. The lowest BCUT2D eigenvalue weighted by atomic mass is 9.80. The Labute approximate surface area is 146 Å². The lowest BCUT2D eigenvalue weighted by Crippen LogP contribution is -2.43. The number of rotatable bonds is 5. The van der Waals surface area contributed by atoms with E-state index < -0.39 is 0 Å². The lowest BCUT2D eigenvalue weighted by molar-refractivity contribution is 0.0892. The summed E-state index contributed by atoms with van der Waals surface area (Å²) in [6.45, 7) is 0. The van der Waals surface area contributed by atoms with Crippen LogP contribution in [0.25, 0.3) is 11.3 Å². The first kappa shape index (κ1) is 15.9. The minimum Gasteiger partial charge on any atom is -0.355 e. The van der Waals surface area contributed by atoms with Crippen LogP contribution in [-0.2, 0) is 0 Å². The van der Waals surface area contributed by atoms with Crippen LogP contribution in [0.5, 0.6) is 0 Å². The first-order chi connectivity index (χ1) is 12.2. The highest BCUT2D eigenvalue weighted by Gasteiger charge is 2.35. The van der Waals surface area contributed by atoms with Crippen LogP contribution in [0.3, 0.4) is 0 Å². The Morgan fingerprint density at radius 2 is 2.00 bits per heavy atom. The van der Waals surface area contributed by atoms with Gasteiger partial charge >= 0.3 is 0 Å². The molecule has 9 heteroatoms. The highest BCUT2D eigenvalue weighted by Crippen LogP contribution is 2.36. The molecule has 2 aromatic heterocycles. The van der Waals surface area contributed by atoms with E-state index in [9.17, 15) is 4.79 Å². The Morgan fingerprint density at radius 3 is 2.72 bits per heavy atom. The number of carbonyl (C=O) groups is 1. The van der Waals surface area contributed by atoms with E-state index in [4.69, 9.17) is 13.6 Å². The number of carbonyl (C=O) groups excluding carboxylic acids is 1. The molecule has 0 atom stereocenters. The third kappa shape index (κ3) is 3.28. The summed E-state index contributed by atoms with van der Waals surface area (Å²) in [6, 6.07) is 11.1. The first-order valence-corrected chi connectivity index (χ1v) is 8.48. The van der Waals surface area contributed by atoms with Crippen molar-refractivity contribution >= 4 is 17.9 Å². The van der Waals surface area contributed by atoms with Crippen molar-refractivity contribution < 1.29 is 18.4 Å². The molecule has 2 heterocycles. The molecule has 0 unspecified atom stereocenters. The number of amides is 1. The van der Waals surface area contributed by atoms with Crippen molar-refractivity contribution in [2.75, 3.05) is 0 Å². The molecule has 0 spiro atoms. The van der Waals surface area contributed by atoms with Crippen molar-refractivity contribution in [3.8, 4) is 11.3 Å². The summed E-state index contributed by atoms with van der Waals surface area (Å²) < 4.78 is 19.2. The van der Waals surface area contributed by atoms with Crippen LogP contribution in [0.15, 0.2) is 50.6 Å². The summed E-state index contributed by atoms with van der Waals surface area (Å²) in [5.74, 6) is 0.856. The monoisotopic (exact) mass is 358 g/mol. The molecule has 3 aromatic rings. The molecule has 0 aliphatic heterocycles. The molecule has 8 nitrogen and oxygen atoms in total. The normalized spacial score (nSPS) is 19.4. The molecular weight excluding hydrogens is 344 g/mol. The molecule has 0 bridgehead atoms. The van der Waals surface area contributed by atoms with E-state index in [2.05, 4.69) is 20.6 Å². The standard InChI is InChI=1S/C16H14N4O4S/c21-14(12-8-13(23-19-12)9-4-2-1-3-5-9)17-11-6-10(7-11)15-18-16(25-22)20-24-15/h1-5,8,10-11,22H,6-7H2,(H,17,21)/t10-,11+. The molecule has 1 aromatic carbocycles. The van der Waals surface area contributed by atoms with Crippen molar-refractivity contribution in [3.63, 3.8) is 0 Å². The lowest BCUT2D eigenvalue weighted by Gasteiger charge is -2.32. The van der Waals surface area contributed by atoms with E-state index in [-0.39, 0.29) is 28.7 Å². The predicted octanol–water partition coefficient (Wildman–Crippen LogP) is 2.97. The summed E-state index contributed by atoms with van der Waals surface area (Å²) in [5.41, 5.74) is 1.12. The molecule has 25 heavy (non-hydrogen) atoms. The third-order valence-corrected chi connectivity index (χ3v) is 4.46. The summed E-state index contributed by atoms with van der Waals surface area (Å²) in [6.07, 6.45) is 1.40. The summed E-state index contributed by atoms with van der Waals surface area (Å²) in [5, 5.41) is 10.6. The quantitative estimate of drug-likeness (QED) is 0.669. The second-order valence-corrected chi connectivity index (χ2v) is 6.34. The van der Waals surface area contributed by atoms with Crippen LogP contribution in [0, 0.1) is 0 Å². The molecule has 128 valence electrons. The SMILES string of the molecule is O=C(N[C@H]1C[C@@H](c2nc(SO)no2)C1)c1cc(-c2ccccc2)on1. The predicted molar refractivity (Wildman–Crippen MR) is 88.0 cm³/mol. The van der Waals surface area contributed by atoms with Gasteiger partial charge in [0.25, 0.3) is 11.1 Å². The zero-order chi connectivity index (χ0) is 17.2. The summed E-state index contributed by atoms with van der Waals surface area (Å²) in [4.78, 5) is 16.3. The van der Waals surface area contributed by atoms with Crippen LogP contribution >= 0.6 is 12.0 Å². The highest BCUT2D eigenvalue weighted by atomic mass is 32.2. The number of hydrogen-bond donors (Lipinski definition) is 2. The molecule has 1 aliphatic carbocycles. The fourth-order valence-corrected chi connectivity index (χ4v) is 2.94.